The van der Waals surface area contributed by atoms with Crippen molar-refractivity contribution in [2.45, 2.75) is 20.4 Å². The van der Waals surface area contributed by atoms with Gasteiger partial charge in [0.25, 0.3) is 0 Å². The first-order valence-electron chi connectivity index (χ1n) is 8.00. The van der Waals surface area contributed by atoms with Crippen LogP contribution in [0.2, 0.25) is 0 Å². The Labute approximate surface area is 136 Å². The molecular formula is C18H23N3O2. The number of nitrogens with zero attached hydrogens (tertiary/aromatic N) is 2. The minimum atomic E-state index is -0.0173. The number of anilines is 1. The van der Waals surface area contributed by atoms with Gasteiger partial charge in [-0.1, -0.05) is 12.1 Å². The van der Waals surface area contributed by atoms with Gasteiger partial charge in [-0.3, -0.25) is 4.90 Å². The minimum absolute atomic E-state index is 0.0173. The molecule has 1 saturated heterocycles. The van der Waals surface area contributed by atoms with Gasteiger partial charge in [-0.2, -0.15) is 0 Å². The monoisotopic (exact) mass is 313 g/mol. The molecule has 1 fully saturated rings. The number of furan rings is 1. The normalized spacial score (nSPS) is 15.7. The number of aryl methyl sites for hydroxylation is 2. The maximum absolute atomic E-state index is 12.4. The van der Waals surface area contributed by atoms with Crippen LogP contribution < -0.4 is 5.32 Å². The Kier molecular flexibility index (Phi) is 4.67. The van der Waals surface area contributed by atoms with E-state index in [-0.39, 0.29) is 6.03 Å². The van der Waals surface area contributed by atoms with Gasteiger partial charge in [0.05, 0.1) is 12.8 Å². The number of carbonyl (C=O) groups excluding carboxylic acids is 1. The minimum Gasteiger partial charge on any atom is -0.468 e. The second-order valence-electron chi connectivity index (χ2n) is 6.09. The molecule has 3 rings (SSSR count). The third kappa shape index (κ3) is 3.93. The van der Waals surface area contributed by atoms with E-state index in [2.05, 4.69) is 16.3 Å². The third-order valence-electron chi connectivity index (χ3n) is 4.25. The second-order valence-corrected chi connectivity index (χ2v) is 6.09. The van der Waals surface area contributed by atoms with Crippen molar-refractivity contribution in [3.63, 3.8) is 0 Å². The quantitative estimate of drug-likeness (QED) is 0.946. The molecule has 2 amide bonds. The summed E-state index contributed by atoms with van der Waals surface area (Å²) in [4.78, 5) is 16.6. The van der Waals surface area contributed by atoms with Crippen LogP contribution in [0.25, 0.3) is 0 Å². The van der Waals surface area contributed by atoms with Gasteiger partial charge < -0.3 is 14.6 Å². The van der Waals surface area contributed by atoms with Gasteiger partial charge in [0, 0.05) is 31.9 Å². The number of rotatable bonds is 3. The van der Waals surface area contributed by atoms with Crippen LogP contribution in [0.1, 0.15) is 16.9 Å². The van der Waals surface area contributed by atoms with Crippen molar-refractivity contribution in [1.82, 2.24) is 9.80 Å². The summed E-state index contributed by atoms with van der Waals surface area (Å²) in [5, 5.41) is 3.03. The Balaban J connectivity index is 1.53. The maximum Gasteiger partial charge on any atom is 0.321 e. The van der Waals surface area contributed by atoms with Gasteiger partial charge in [0.15, 0.2) is 0 Å². The van der Waals surface area contributed by atoms with Crippen molar-refractivity contribution in [2.24, 2.45) is 0 Å². The number of benzene rings is 1. The first kappa shape index (κ1) is 15.6. The highest BCUT2D eigenvalue weighted by Crippen LogP contribution is 2.17. The molecule has 2 heterocycles. The summed E-state index contributed by atoms with van der Waals surface area (Å²) >= 11 is 0. The number of hydrogen-bond acceptors (Lipinski definition) is 3. The van der Waals surface area contributed by atoms with E-state index < -0.39 is 0 Å². The average molecular weight is 313 g/mol. The SMILES string of the molecule is Cc1ccc(C)c(NC(=O)N2CCN(Cc3ccco3)CC2)c1. The smallest absolute Gasteiger partial charge is 0.321 e. The van der Waals surface area contributed by atoms with Crippen LogP contribution in [-0.4, -0.2) is 42.0 Å². The lowest BCUT2D eigenvalue weighted by molar-refractivity contribution is 0.137. The molecular weight excluding hydrogens is 290 g/mol. The summed E-state index contributed by atoms with van der Waals surface area (Å²) in [5.41, 5.74) is 3.13. The molecule has 5 heteroatoms. The van der Waals surface area contributed by atoms with Crippen molar-refractivity contribution < 1.29 is 9.21 Å². The number of amides is 2. The van der Waals surface area contributed by atoms with E-state index in [4.69, 9.17) is 4.42 Å². The van der Waals surface area contributed by atoms with Gasteiger partial charge in [0.1, 0.15) is 5.76 Å². The highest BCUT2D eigenvalue weighted by atomic mass is 16.3. The van der Waals surface area contributed by atoms with E-state index in [0.717, 1.165) is 55.3 Å². The van der Waals surface area contributed by atoms with Crippen molar-refractivity contribution in [3.05, 3.63) is 53.5 Å². The molecule has 1 aliphatic heterocycles. The molecule has 122 valence electrons. The molecule has 0 bridgehead atoms. The lowest BCUT2D eigenvalue weighted by Gasteiger charge is -2.34. The van der Waals surface area contributed by atoms with Crippen molar-refractivity contribution in [2.75, 3.05) is 31.5 Å². The van der Waals surface area contributed by atoms with Crippen molar-refractivity contribution in [1.29, 1.82) is 0 Å². The van der Waals surface area contributed by atoms with E-state index in [0.29, 0.717) is 0 Å². The first-order valence-corrected chi connectivity index (χ1v) is 8.00. The van der Waals surface area contributed by atoms with Crippen LogP contribution in [0.3, 0.4) is 0 Å². The van der Waals surface area contributed by atoms with Crippen molar-refractivity contribution in [3.8, 4) is 0 Å². The third-order valence-corrected chi connectivity index (χ3v) is 4.25. The Morgan fingerprint density at radius 2 is 1.96 bits per heavy atom. The lowest BCUT2D eigenvalue weighted by Crippen LogP contribution is -2.49. The molecule has 0 saturated carbocycles. The van der Waals surface area contributed by atoms with E-state index in [9.17, 15) is 4.79 Å². The van der Waals surface area contributed by atoms with Crippen LogP contribution in [0.5, 0.6) is 0 Å². The Morgan fingerprint density at radius 1 is 1.17 bits per heavy atom. The fourth-order valence-electron chi connectivity index (χ4n) is 2.80. The van der Waals surface area contributed by atoms with Crippen LogP contribution in [0.4, 0.5) is 10.5 Å². The molecule has 0 aliphatic carbocycles. The van der Waals surface area contributed by atoms with E-state index in [1.165, 1.54) is 0 Å². The predicted molar refractivity (Wildman–Crippen MR) is 90.5 cm³/mol. The summed E-state index contributed by atoms with van der Waals surface area (Å²) in [6.45, 7) is 8.04. The van der Waals surface area contributed by atoms with Crippen LogP contribution in [-0.2, 0) is 6.54 Å². The topological polar surface area (TPSA) is 48.7 Å². The second kappa shape index (κ2) is 6.87. The highest BCUT2D eigenvalue weighted by Gasteiger charge is 2.22. The summed E-state index contributed by atoms with van der Waals surface area (Å²) in [6, 6.07) is 9.98. The lowest BCUT2D eigenvalue weighted by atomic mass is 10.1. The molecule has 23 heavy (non-hydrogen) atoms. The molecule has 2 aromatic rings. The van der Waals surface area contributed by atoms with Gasteiger partial charge in [-0.15, -0.1) is 0 Å². The molecule has 0 spiro atoms. The Hall–Kier alpha value is -2.27. The summed E-state index contributed by atoms with van der Waals surface area (Å²) in [5.74, 6) is 0.971. The average Bonchev–Trinajstić information content (AvgIpc) is 3.04. The van der Waals surface area contributed by atoms with E-state index in [1.54, 1.807) is 6.26 Å². The molecule has 0 atom stereocenters. The maximum atomic E-state index is 12.4. The number of carbonyl (C=O) groups is 1. The van der Waals surface area contributed by atoms with Gasteiger partial charge in [0.2, 0.25) is 0 Å². The predicted octanol–water partition coefficient (Wildman–Crippen LogP) is 3.25. The van der Waals surface area contributed by atoms with Crippen LogP contribution >= 0.6 is 0 Å². The van der Waals surface area contributed by atoms with Gasteiger partial charge in [-0.25, -0.2) is 4.79 Å². The zero-order chi connectivity index (χ0) is 16.2. The largest absolute Gasteiger partial charge is 0.468 e. The molecule has 0 radical (unpaired) electrons. The Morgan fingerprint density at radius 3 is 2.65 bits per heavy atom. The van der Waals surface area contributed by atoms with E-state index >= 15 is 0 Å². The molecule has 1 aromatic carbocycles. The zero-order valence-corrected chi connectivity index (χ0v) is 13.7. The molecule has 0 unspecified atom stereocenters. The van der Waals surface area contributed by atoms with Crippen LogP contribution in [0.15, 0.2) is 41.0 Å². The number of piperazine rings is 1. The summed E-state index contributed by atoms with van der Waals surface area (Å²) in [7, 11) is 0. The van der Waals surface area contributed by atoms with Gasteiger partial charge >= 0.3 is 6.03 Å². The standard InChI is InChI=1S/C18H23N3O2/c1-14-5-6-15(2)17(12-14)19-18(22)21-9-7-20(8-10-21)13-16-4-3-11-23-16/h3-6,11-12H,7-10,13H2,1-2H3,(H,19,22). The number of hydrogen-bond donors (Lipinski definition) is 1. The molecule has 5 nitrogen and oxygen atoms in total. The van der Waals surface area contributed by atoms with E-state index in [1.807, 2.05) is 43.0 Å². The Bertz CT molecular complexity index is 659. The highest BCUT2D eigenvalue weighted by molar-refractivity contribution is 5.90. The van der Waals surface area contributed by atoms with Gasteiger partial charge in [-0.05, 0) is 43.2 Å². The molecule has 1 aliphatic rings. The number of urea groups is 1. The summed E-state index contributed by atoms with van der Waals surface area (Å²) < 4.78 is 5.38. The number of nitrogens with one attached hydrogen (secondary N) is 1. The first-order chi connectivity index (χ1) is 11.1. The van der Waals surface area contributed by atoms with Crippen LogP contribution in [0, 0.1) is 13.8 Å². The molecule has 1 N–H and O–H groups in total. The zero-order valence-electron chi connectivity index (χ0n) is 13.7. The summed E-state index contributed by atoms with van der Waals surface area (Å²) in [6.07, 6.45) is 1.70. The fraction of sp³-hybridized carbons (Fsp3) is 0.389. The fourth-order valence-corrected chi connectivity index (χ4v) is 2.80. The van der Waals surface area contributed by atoms with Crippen molar-refractivity contribution >= 4 is 11.7 Å². The molecule has 1 aromatic heterocycles.